The Balaban J connectivity index is 2.00. The molecule has 0 unspecified atom stereocenters. The Morgan fingerprint density at radius 1 is 0.406 bits per heavy atom. The topological polar surface area (TPSA) is 79.4 Å². The Kier molecular flexibility index (Phi) is 7.38. The fourth-order valence-electron chi connectivity index (χ4n) is 3.39. The normalized spacial score (nSPS) is 10.2. The third kappa shape index (κ3) is 4.39. The van der Waals surface area contributed by atoms with Crippen molar-refractivity contribution < 1.29 is 28.4 Å². The standard InChI is InChI=1S/C24H28N2O6/c1-27-19-13-11-17(21(29-3)23(19)31-5)25-15-9-7-8-10-16(15)26-18-12-14-20(28-2)24(32-6)22(18)30-4/h7-14,25-26H,1-6H3. The molecule has 3 aromatic rings. The predicted octanol–water partition coefficient (Wildman–Crippen LogP) is 5.23. The number of rotatable bonds is 10. The molecule has 0 saturated carbocycles. The van der Waals surface area contributed by atoms with Crippen LogP contribution in [0.1, 0.15) is 0 Å². The van der Waals surface area contributed by atoms with Gasteiger partial charge in [-0.2, -0.15) is 0 Å². The molecule has 0 saturated heterocycles. The summed E-state index contributed by atoms with van der Waals surface area (Å²) in [5, 5.41) is 6.81. The zero-order valence-corrected chi connectivity index (χ0v) is 19.1. The van der Waals surface area contributed by atoms with Crippen molar-refractivity contribution >= 4 is 22.7 Å². The van der Waals surface area contributed by atoms with E-state index >= 15 is 0 Å². The molecule has 8 heteroatoms. The molecule has 0 aromatic heterocycles. The summed E-state index contributed by atoms with van der Waals surface area (Å²) in [7, 11) is 9.48. The lowest BCUT2D eigenvalue weighted by molar-refractivity contribution is 0.325. The maximum Gasteiger partial charge on any atom is 0.205 e. The minimum atomic E-state index is 0.506. The highest BCUT2D eigenvalue weighted by atomic mass is 16.5. The van der Waals surface area contributed by atoms with Crippen molar-refractivity contribution in [1.29, 1.82) is 0 Å². The third-order valence-electron chi connectivity index (χ3n) is 4.87. The highest BCUT2D eigenvalue weighted by molar-refractivity contribution is 5.83. The van der Waals surface area contributed by atoms with Crippen LogP contribution in [0.3, 0.4) is 0 Å². The smallest absolute Gasteiger partial charge is 0.205 e. The molecule has 8 nitrogen and oxygen atoms in total. The molecular formula is C24H28N2O6. The van der Waals surface area contributed by atoms with Gasteiger partial charge in [0.2, 0.25) is 11.5 Å². The van der Waals surface area contributed by atoms with E-state index < -0.39 is 0 Å². The second-order valence-corrected chi connectivity index (χ2v) is 6.56. The monoisotopic (exact) mass is 440 g/mol. The zero-order chi connectivity index (χ0) is 23.1. The summed E-state index contributed by atoms with van der Waals surface area (Å²) in [6, 6.07) is 15.1. The van der Waals surface area contributed by atoms with Gasteiger partial charge < -0.3 is 39.1 Å². The van der Waals surface area contributed by atoms with Crippen molar-refractivity contribution in [2.45, 2.75) is 0 Å². The van der Waals surface area contributed by atoms with Crippen LogP contribution in [0.15, 0.2) is 48.5 Å². The molecule has 3 rings (SSSR count). The number of nitrogens with one attached hydrogen (secondary N) is 2. The van der Waals surface area contributed by atoms with Gasteiger partial charge in [0.25, 0.3) is 0 Å². The first-order chi connectivity index (χ1) is 15.6. The van der Waals surface area contributed by atoms with E-state index in [9.17, 15) is 0 Å². The number of ether oxygens (including phenoxy) is 6. The summed E-state index contributed by atoms with van der Waals surface area (Å²) < 4.78 is 32.9. The van der Waals surface area contributed by atoms with Crippen LogP contribution in [-0.4, -0.2) is 42.7 Å². The van der Waals surface area contributed by atoms with E-state index in [0.717, 1.165) is 22.7 Å². The summed E-state index contributed by atoms with van der Waals surface area (Å²) in [6.45, 7) is 0. The van der Waals surface area contributed by atoms with Crippen LogP contribution in [0.4, 0.5) is 22.7 Å². The second-order valence-electron chi connectivity index (χ2n) is 6.56. The van der Waals surface area contributed by atoms with Crippen LogP contribution in [0.2, 0.25) is 0 Å². The van der Waals surface area contributed by atoms with Crippen molar-refractivity contribution in [3.05, 3.63) is 48.5 Å². The number of anilines is 4. The van der Waals surface area contributed by atoms with Crippen molar-refractivity contribution in [1.82, 2.24) is 0 Å². The molecule has 0 bridgehead atoms. The Labute approximate surface area is 188 Å². The van der Waals surface area contributed by atoms with Crippen LogP contribution >= 0.6 is 0 Å². The van der Waals surface area contributed by atoms with Crippen LogP contribution in [0.25, 0.3) is 0 Å². The van der Waals surface area contributed by atoms with Gasteiger partial charge in [-0.15, -0.1) is 0 Å². The van der Waals surface area contributed by atoms with E-state index in [0.29, 0.717) is 34.5 Å². The summed E-state index contributed by atoms with van der Waals surface area (Å²) >= 11 is 0. The maximum atomic E-state index is 5.59. The Morgan fingerprint density at radius 2 is 0.781 bits per heavy atom. The molecule has 0 radical (unpaired) electrons. The van der Waals surface area contributed by atoms with Gasteiger partial charge in [0.05, 0.1) is 65.4 Å². The summed E-state index contributed by atoms with van der Waals surface area (Å²) in [5.41, 5.74) is 3.07. The van der Waals surface area contributed by atoms with Gasteiger partial charge in [0, 0.05) is 0 Å². The fraction of sp³-hybridized carbons (Fsp3) is 0.250. The molecule has 0 fully saturated rings. The van der Waals surface area contributed by atoms with Crippen LogP contribution in [0.5, 0.6) is 34.5 Å². The summed E-state index contributed by atoms with van der Waals surface area (Å²) in [6.07, 6.45) is 0. The van der Waals surface area contributed by atoms with Gasteiger partial charge in [-0.05, 0) is 36.4 Å². The molecule has 0 heterocycles. The first kappa shape index (κ1) is 22.7. The Hall–Kier alpha value is -3.94. The lowest BCUT2D eigenvalue weighted by Crippen LogP contribution is -2.03. The van der Waals surface area contributed by atoms with Crippen LogP contribution < -0.4 is 39.1 Å². The Morgan fingerprint density at radius 3 is 1.09 bits per heavy atom. The first-order valence-electron chi connectivity index (χ1n) is 9.82. The van der Waals surface area contributed by atoms with Crippen molar-refractivity contribution in [2.75, 3.05) is 53.3 Å². The van der Waals surface area contributed by atoms with E-state index in [2.05, 4.69) is 10.6 Å². The van der Waals surface area contributed by atoms with E-state index in [1.54, 1.807) is 42.7 Å². The van der Waals surface area contributed by atoms with Gasteiger partial charge in [-0.3, -0.25) is 0 Å². The van der Waals surface area contributed by atoms with E-state index in [1.807, 2.05) is 48.5 Å². The van der Waals surface area contributed by atoms with E-state index in [1.165, 1.54) is 0 Å². The minimum Gasteiger partial charge on any atom is -0.493 e. The van der Waals surface area contributed by atoms with Gasteiger partial charge in [0.1, 0.15) is 0 Å². The lowest BCUT2D eigenvalue weighted by Gasteiger charge is -2.20. The molecular weight excluding hydrogens is 412 g/mol. The highest BCUT2D eigenvalue weighted by Crippen LogP contribution is 2.46. The molecule has 3 aromatic carbocycles. The molecule has 2 N–H and O–H groups in total. The van der Waals surface area contributed by atoms with Crippen LogP contribution in [0, 0.1) is 0 Å². The molecule has 0 aliphatic heterocycles. The number of hydrogen-bond donors (Lipinski definition) is 2. The SMILES string of the molecule is COc1ccc(Nc2ccccc2Nc2ccc(OC)c(OC)c2OC)c(OC)c1OC. The van der Waals surface area contributed by atoms with Gasteiger partial charge >= 0.3 is 0 Å². The molecule has 0 aliphatic rings. The molecule has 0 aliphatic carbocycles. The highest BCUT2D eigenvalue weighted by Gasteiger charge is 2.19. The molecule has 170 valence electrons. The number of hydrogen-bond acceptors (Lipinski definition) is 8. The molecule has 0 atom stereocenters. The number of benzene rings is 3. The summed E-state index contributed by atoms with van der Waals surface area (Å²) in [5.74, 6) is 3.24. The maximum absolute atomic E-state index is 5.59. The van der Waals surface area contributed by atoms with Gasteiger partial charge in [-0.1, -0.05) is 12.1 Å². The lowest BCUT2D eigenvalue weighted by atomic mass is 10.2. The van der Waals surface area contributed by atoms with E-state index in [4.69, 9.17) is 28.4 Å². The Bertz CT molecular complexity index is 986. The van der Waals surface area contributed by atoms with Gasteiger partial charge in [-0.25, -0.2) is 0 Å². The van der Waals surface area contributed by atoms with Gasteiger partial charge in [0.15, 0.2) is 23.0 Å². The minimum absolute atomic E-state index is 0.506. The molecule has 0 spiro atoms. The van der Waals surface area contributed by atoms with Crippen LogP contribution in [-0.2, 0) is 0 Å². The number of methoxy groups -OCH3 is 6. The first-order valence-corrected chi connectivity index (χ1v) is 9.82. The zero-order valence-electron chi connectivity index (χ0n) is 19.1. The second kappa shape index (κ2) is 10.4. The van der Waals surface area contributed by atoms with Crippen molar-refractivity contribution in [2.24, 2.45) is 0 Å². The fourth-order valence-corrected chi connectivity index (χ4v) is 3.39. The number of para-hydroxylation sites is 2. The van der Waals surface area contributed by atoms with Crippen molar-refractivity contribution in [3.8, 4) is 34.5 Å². The average Bonchev–Trinajstić information content (AvgIpc) is 2.84. The summed E-state index contributed by atoms with van der Waals surface area (Å²) in [4.78, 5) is 0. The quantitative estimate of drug-likeness (QED) is 0.444. The predicted molar refractivity (Wildman–Crippen MR) is 125 cm³/mol. The van der Waals surface area contributed by atoms with Crippen molar-refractivity contribution in [3.63, 3.8) is 0 Å². The average molecular weight is 440 g/mol. The molecule has 32 heavy (non-hydrogen) atoms. The van der Waals surface area contributed by atoms with E-state index in [-0.39, 0.29) is 0 Å². The third-order valence-corrected chi connectivity index (χ3v) is 4.87. The molecule has 0 amide bonds. The largest absolute Gasteiger partial charge is 0.493 e.